The number of benzene rings is 2. The lowest BCUT2D eigenvalue weighted by molar-refractivity contribution is -0.119. The normalized spacial score (nSPS) is 16.9. The number of pyridine rings is 1. The SMILES string of the molecule is COCC(=O)Nc1cc(N2C(=S)N[C@@H](c3ccccn3)[C@H]2c2ccc(-c3ccccc3)o2)ccc1OC. The fourth-order valence-corrected chi connectivity index (χ4v) is 4.80. The minimum absolute atomic E-state index is 0.0733. The third-order valence-corrected chi connectivity index (χ3v) is 6.40. The number of amides is 1. The van der Waals surface area contributed by atoms with E-state index in [1.165, 1.54) is 7.11 Å². The summed E-state index contributed by atoms with van der Waals surface area (Å²) in [5, 5.41) is 6.78. The summed E-state index contributed by atoms with van der Waals surface area (Å²) < 4.78 is 16.8. The number of carbonyl (C=O) groups excluding carboxylic acids is 1. The van der Waals surface area contributed by atoms with Crippen LogP contribution in [0, 0.1) is 0 Å². The van der Waals surface area contributed by atoms with Crippen molar-refractivity contribution in [3.05, 3.63) is 96.5 Å². The molecule has 0 spiro atoms. The Balaban J connectivity index is 1.57. The summed E-state index contributed by atoms with van der Waals surface area (Å²) >= 11 is 5.82. The topological polar surface area (TPSA) is 88.9 Å². The average Bonchev–Trinajstić information content (AvgIpc) is 3.54. The largest absolute Gasteiger partial charge is 0.495 e. The number of thiocarbonyl (C=S) groups is 1. The second-order valence-corrected chi connectivity index (χ2v) is 8.82. The van der Waals surface area contributed by atoms with Gasteiger partial charge in [-0.1, -0.05) is 36.4 Å². The Hall–Kier alpha value is -4.21. The first-order valence-corrected chi connectivity index (χ1v) is 12.1. The number of hydrogen-bond donors (Lipinski definition) is 2. The highest BCUT2D eigenvalue weighted by molar-refractivity contribution is 7.80. The van der Waals surface area contributed by atoms with Gasteiger partial charge in [0.15, 0.2) is 5.11 Å². The van der Waals surface area contributed by atoms with Crippen LogP contribution in [0.1, 0.15) is 23.5 Å². The monoisotopic (exact) mass is 514 g/mol. The Kier molecular flexibility index (Phi) is 7.16. The summed E-state index contributed by atoms with van der Waals surface area (Å²) in [4.78, 5) is 18.8. The molecule has 0 unspecified atom stereocenters. The number of nitrogens with zero attached hydrogens (tertiary/aromatic N) is 2. The highest BCUT2D eigenvalue weighted by Crippen LogP contribution is 2.44. The van der Waals surface area contributed by atoms with Gasteiger partial charge in [0.25, 0.3) is 0 Å². The molecule has 2 aromatic heterocycles. The van der Waals surface area contributed by atoms with E-state index in [-0.39, 0.29) is 24.6 Å². The van der Waals surface area contributed by atoms with Crippen molar-refractivity contribution in [2.24, 2.45) is 0 Å². The first-order valence-electron chi connectivity index (χ1n) is 11.7. The van der Waals surface area contributed by atoms with Crippen molar-refractivity contribution in [3.63, 3.8) is 0 Å². The minimum Gasteiger partial charge on any atom is -0.495 e. The van der Waals surface area contributed by atoms with Gasteiger partial charge in [-0.25, -0.2) is 0 Å². The summed E-state index contributed by atoms with van der Waals surface area (Å²) in [5.74, 6) is 1.72. The van der Waals surface area contributed by atoms with Gasteiger partial charge in [-0.15, -0.1) is 0 Å². The summed E-state index contributed by atoms with van der Waals surface area (Å²) in [7, 11) is 3.02. The second kappa shape index (κ2) is 10.8. The van der Waals surface area contributed by atoms with Crippen molar-refractivity contribution in [1.82, 2.24) is 10.3 Å². The van der Waals surface area contributed by atoms with E-state index in [1.54, 1.807) is 19.4 Å². The molecule has 1 aliphatic heterocycles. The van der Waals surface area contributed by atoms with E-state index in [9.17, 15) is 4.79 Å². The zero-order chi connectivity index (χ0) is 25.8. The van der Waals surface area contributed by atoms with Gasteiger partial charge < -0.3 is 29.4 Å². The van der Waals surface area contributed by atoms with E-state index in [0.717, 1.165) is 28.5 Å². The maximum atomic E-state index is 12.3. The lowest BCUT2D eigenvalue weighted by Crippen LogP contribution is -2.29. The average molecular weight is 515 g/mol. The predicted octanol–water partition coefficient (Wildman–Crippen LogP) is 5.11. The highest BCUT2D eigenvalue weighted by Gasteiger charge is 2.42. The first kappa shape index (κ1) is 24.5. The third kappa shape index (κ3) is 5.04. The molecule has 1 saturated heterocycles. The summed E-state index contributed by atoms with van der Waals surface area (Å²) in [6.45, 7) is -0.0733. The molecule has 37 heavy (non-hydrogen) atoms. The first-order chi connectivity index (χ1) is 18.1. The van der Waals surface area contributed by atoms with Crippen LogP contribution >= 0.6 is 12.2 Å². The molecule has 2 atom stereocenters. The highest BCUT2D eigenvalue weighted by atomic mass is 32.1. The van der Waals surface area contributed by atoms with Crippen molar-refractivity contribution in [2.75, 3.05) is 31.0 Å². The van der Waals surface area contributed by atoms with Gasteiger partial charge in [0.05, 0.1) is 24.5 Å². The fourth-order valence-electron chi connectivity index (χ4n) is 4.45. The van der Waals surface area contributed by atoms with E-state index in [0.29, 0.717) is 16.5 Å². The molecule has 3 heterocycles. The Morgan fingerprint density at radius 1 is 1.08 bits per heavy atom. The number of rotatable bonds is 8. The number of hydrogen-bond acceptors (Lipinski definition) is 6. The molecule has 0 radical (unpaired) electrons. The van der Waals surface area contributed by atoms with Crippen molar-refractivity contribution < 1.29 is 18.7 Å². The van der Waals surface area contributed by atoms with Crippen LogP contribution in [-0.2, 0) is 9.53 Å². The minimum atomic E-state index is -0.337. The van der Waals surface area contributed by atoms with Crippen LogP contribution in [0.4, 0.5) is 11.4 Å². The quantitative estimate of drug-likeness (QED) is 0.314. The maximum Gasteiger partial charge on any atom is 0.250 e. The Bertz CT molecular complexity index is 1390. The molecule has 9 heteroatoms. The number of anilines is 2. The maximum absolute atomic E-state index is 12.3. The zero-order valence-electron chi connectivity index (χ0n) is 20.4. The Labute approximate surface area is 220 Å². The molecule has 2 N–H and O–H groups in total. The number of ether oxygens (including phenoxy) is 2. The van der Waals surface area contributed by atoms with Crippen LogP contribution in [0.25, 0.3) is 11.3 Å². The Morgan fingerprint density at radius 2 is 1.89 bits per heavy atom. The molecule has 0 bridgehead atoms. The molecule has 0 saturated carbocycles. The smallest absolute Gasteiger partial charge is 0.250 e. The van der Waals surface area contributed by atoms with E-state index in [1.807, 2.05) is 77.7 Å². The number of methoxy groups -OCH3 is 2. The number of aromatic nitrogens is 1. The van der Waals surface area contributed by atoms with Gasteiger partial charge in [0.2, 0.25) is 5.91 Å². The van der Waals surface area contributed by atoms with Crippen LogP contribution in [0.15, 0.2) is 89.5 Å². The molecule has 8 nitrogen and oxygen atoms in total. The molecular weight excluding hydrogens is 488 g/mol. The summed E-state index contributed by atoms with van der Waals surface area (Å²) in [6.07, 6.45) is 1.76. The van der Waals surface area contributed by atoms with Crippen LogP contribution in [0.2, 0.25) is 0 Å². The predicted molar refractivity (Wildman–Crippen MR) is 146 cm³/mol. The third-order valence-electron chi connectivity index (χ3n) is 6.09. The van der Waals surface area contributed by atoms with Gasteiger partial charge in [0.1, 0.15) is 29.9 Å². The molecule has 5 rings (SSSR count). The number of nitrogens with one attached hydrogen (secondary N) is 2. The van der Waals surface area contributed by atoms with Gasteiger partial charge in [-0.2, -0.15) is 0 Å². The number of furan rings is 1. The molecule has 2 aromatic carbocycles. The van der Waals surface area contributed by atoms with E-state index in [2.05, 4.69) is 15.6 Å². The van der Waals surface area contributed by atoms with E-state index >= 15 is 0 Å². The molecule has 1 fully saturated rings. The molecule has 1 aliphatic rings. The lowest BCUT2D eigenvalue weighted by atomic mass is 10.0. The van der Waals surface area contributed by atoms with E-state index < -0.39 is 0 Å². The van der Waals surface area contributed by atoms with Gasteiger partial charge in [-0.3, -0.25) is 9.78 Å². The van der Waals surface area contributed by atoms with Gasteiger partial charge in [0, 0.05) is 24.6 Å². The van der Waals surface area contributed by atoms with Crippen molar-refractivity contribution in [2.45, 2.75) is 12.1 Å². The summed E-state index contributed by atoms with van der Waals surface area (Å²) in [6, 6.07) is 24.6. The molecule has 0 aliphatic carbocycles. The van der Waals surface area contributed by atoms with Crippen molar-refractivity contribution >= 4 is 34.6 Å². The van der Waals surface area contributed by atoms with Crippen LogP contribution in [0.3, 0.4) is 0 Å². The molecule has 4 aromatic rings. The molecule has 1 amide bonds. The molecule has 188 valence electrons. The van der Waals surface area contributed by atoms with Crippen molar-refractivity contribution in [1.29, 1.82) is 0 Å². The van der Waals surface area contributed by atoms with Crippen LogP contribution in [-0.4, -0.2) is 36.8 Å². The lowest BCUT2D eigenvalue weighted by Gasteiger charge is -2.27. The summed E-state index contributed by atoms with van der Waals surface area (Å²) in [5.41, 5.74) is 3.08. The number of carbonyl (C=O) groups is 1. The Morgan fingerprint density at radius 3 is 2.62 bits per heavy atom. The zero-order valence-corrected chi connectivity index (χ0v) is 21.2. The van der Waals surface area contributed by atoms with Gasteiger partial charge in [-0.05, 0) is 54.7 Å². The van der Waals surface area contributed by atoms with Gasteiger partial charge >= 0.3 is 0 Å². The van der Waals surface area contributed by atoms with E-state index in [4.69, 9.17) is 26.1 Å². The fraction of sp³-hybridized carbons (Fsp3) is 0.179. The van der Waals surface area contributed by atoms with Crippen LogP contribution in [0.5, 0.6) is 5.75 Å². The standard InChI is InChI=1S/C28H26N4O4S/c1-34-17-25(33)30-21-16-19(11-12-23(21)35-2)32-27(26(31-28(32)37)20-10-6-7-15-29-20)24-14-13-22(36-24)18-8-4-3-5-9-18/h3-16,26-27H,17H2,1-2H3,(H,30,33)(H,31,37)/t26-,27+/m0/s1. The second-order valence-electron chi connectivity index (χ2n) is 8.43. The van der Waals surface area contributed by atoms with Crippen molar-refractivity contribution in [3.8, 4) is 17.1 Å². The molecular formula is C28H26N4O4S. The van der Waals surface area contributed by atoms with Crippen LogP contribution < -0.4 is 20.3 Å².